The van der Waals surface area contributed by atoms with Gasteiger partial charge >= 0.3 is 12.1 Å². The first-order valence-electron chi connectivity index (χ1n) is 14.2. The van der Waals surface area contributed by atoms with Crippen molar-refractivity contribution in [1.82, 2.24) is 0 Å². The Bertz CT molecular complexity index is 1750. The van der Waals surface area contributed by atoms with Gasteiger partial charge in [-0.3, -0.25) is 9.59 Å². The van der Waals surface area contributed by atoms with E-state index in [1.165, 1.54) is 12.1 Å². The van der Waals surface area contributed by atoms with E-state index in [1.807, 2.05) is 78.9 Å². The van der Waals surface area contributed by atoms with Crippen LogP contribution < -0.4 is 9.80 Å². The number of halogens is 3. The molecular weight excluding hydrogens is 569 g/mol. The minimum absolute atomic E-state index is 0.547. The second-order valence-corrected chi connectivity index (χ2v) is 11.0. The van der Waals surface area contributed by atoms with Gasteiger partial charge in [-0.1, -0.05) is 103 Å². The molecule has 2 fully saturated rings. The number of ether oxygens (including phenoxy) is 1. The van der Waals surface area contributed by atoms with Gasteiger partial charge in [-0.25, -0.2) is 9.69 Å². The quantitative estimate of drug-likeness (QED) is 0.197. The Morgan fingerprint density at radius 3 is 1.89 bits per heavy atom. The van der Waals surface area contributed by atoms with Crippen LogP contribution >= 0.6 is 0 Å². The van der Waals surface area contributed by atoms with Crippen LogP contribution in [0.4, 0.5) is 24.5 Å². The number of anilines is 2. The van der Waals surface area contributed by atoms with E-state index in [2.05, 4.69) is 0 Å². The number of hydrogen-bond donors (Lipinski definition) is 0. The minimum Gasteiger partial charge on any atom is -0.451 e. The lowest BCUT2D eigenvalue weighted by atomic mass is 9.88. The Hall–Kier alpha value is -5.18. The maximum Gasteiger partial charge on any atom is 0.418 e. The third-order valence-corrected chi connectivity index (χ3v) is 8.55. The summed E-state index contributed by atoms with van der Waals surface area (Å²) in [6.45, 7) is 0. The fraction of sp³-hybridized carbons (Fsp3) is 0.171. The van der Waals surface area contributed by atoms with Crippen LogP contribution in [0, 0.1) is 11.8 Å². The lowest BCUT2D eigenvalue weighted by Gasteiger charge is -2.36. The smallest absolute Gasteiger partial charge is 0.418 e. The van der Waals surface area contributed by atoms with Gasteiger partial charge in [-0.15, -0.1) is 0 Å². The largest absolute Gasteiger partial charge is 0.451 e. The summed E-state index contributed by atoms with van der Waals surface area (Å²) in [7, 11) is 0. The average Bonchev–Trinajstić information content (AvgIpc) is 3.52. The zero-order chi connectivity index (χ0) is 30.6. The molecule has 0 spiro atoms. The molecule has 0 aliphatic carbocycles. The first kappa shape index (κ1) is 27.6. The molecule has 9 heteroatoms. The number of para-hydroxylation sites is 2. The highest BCUT2D eigenvalue weighted by Gasteiger charge is 2.65. The molecule has 0 radical (unpaired) electrons. The van der Waals surface area contributed by atoms with Crippen LogP contribution in [0.1, 0.15) is 28.4 Å². The first-order chi connectivity index (χ1) is 21.3. The van der Waals surface area contributed by atoms with E-state index in [4.69, 9.17) is 4.74 Å². The number of carbonyl (C=O) groups is 3. The van der Waals surface area contributed by atoms with Gasteiger partial charge in [-0.2, -0.15) is 13.2 Å². The molecule has 3 aliphatic heterocycles. The third-order valence-electron chi connectivity index (χ3n) is 8.55. The number of nitrogens with zero attached hydrogens (tertiary/aromatic N) is 2. The zero-order valence-corrected chi connectivity index (χ0v) is 23.1. The highest BCUT2D eigenvalue weighted by molar-refractivity contribution is 6.25. The molecule has 220 valence electrons. The number of amides is 2. The van der Waals surface area contributed by atoms with E-state index in [-0.39, 0.29) is 0 Å². The normalized spacial score (nSPS) is 22.2. The van der Waals surface area contributed by atoms with Gasteiger partial charge in [0.25, 0.3) is 0 Å². The van der Waals surface area contributed by atoms with Gasteiger partial charge in [0, 0.05) is 5.69 Å². The molecule has 2 amide bonds. The Labute approximate surface area is 251 Å². The molecule has 6 nitrogen and oxygen atoms in total. The van der Waals surface area contributed by atoms with Crippen molar-refractivity contribution in [3.63, 3.8) is 0 Å². The van der Waals surface area contributed by atoms with E-state index in [0.29, 0.717) is 21.7 Å². The molecule has 0 N–H and O–H groups in total. The van der Waals surface area contributed by atoms with Crippen LogP contribution in [-0.2, 0) is 25.3 Å². The number of fused-ring (bicyclic) bond motifs is 5. The van der Waals surface area contributed by atoms with E-state index < -0.39 is 65.2 Å². The predicted molar refractivity (Wildman–Crippen MR) is 157 cm³/mol. The lowest BCUT2D eigenvalue weighted by Crippen LogP contribution is -2.49. The first-order valence-corrected chi connectivity index (χ1v) is 14.2. The van der Waals surface area contributed by atoms with Crippen molar-refractivity contribution in [3.8, 4) is 0 Å². The topological polar surface area (TPSA) is 66.9 Å². The molecule has 4 aromatic rings. The second kappa shape index (κ2) is 10.5. The van der Waals surface area contributed by atoms with Gasteiger partial charge in [0.2, 0.25) is 11.8 Å². The SMILES string of the molecule is O=C(OC(c1ccccc1)c1ccccc1)[C@@H]1[C@H]2C(=O)N(c3ccccc3C(F)(F)F)C(=O)[C@@H]2[C@H]2C=Cc3ccccc3N21. The summed E-state index contributed by atoms with van der Waals surface area (Å²) in [5, 5.41) is 0. The van der Waals surface area contributed by atoms with E-state index >= 15 is 0 Å². The number of esters is 1. The van der Waals surface area contributed by atoms with Crippen LogP contribution in [0.3, 0.4) is 0 Å². The maximum atomic E-state index is 14.4. The van der Waals surface area contributed by atoms with Crippen molar-refractivity contribution in [2.24, 2.45) is 11.8 Å². The van der Waals surface area contributed by atoms with Gasteiger partial charge in [-0.05, 0) is 34.9 Å². The van der Waals surface area contributed by atoms with Gasteiger partial charge in [0.1, 0.15) is 6.04 Å². The minimum atomic E-state index is -4.80. The molecule has 0 bridgehead atoms. The van der Waals surface area contributed by atoms with Crippen molar-refractivity contribution in [1.29, 1.82) is 0 Å². The number of carbonyl (C=O) groups excluding carboxylic acids is 3. The Morgan fingerprint density at radius 1 is 0.705 bits per heavy atom. The summed E-state index contributed by atoms with van der Waals surface area (Å²) < 4.78 is 48.2. The van der Waals surface area contributed by atoms with E-state index in [1.54, 1.807) is 23.1 Å². The summed E-state index contributed by atoms with van der Waals surface area (Å²) in [4.78, 5) is 44.9. The predicted octanol–water partition coefficient (Wildman–Crippen LogP) is 6.43. The summed E-state index contributed by atoms with van der Waals surface area (Å²) in [5.41, 5.74) is 1.17. The van der Waals surface area contributed by atoms with Gasteiger partial charge < -0.3 is 9.64 Å². The van der Waals surface area contributed by atoms with E-state index in [0.717, 1.165) is 17.7 Å². The standard InChI is InChI=1S/C35H25F3N2O4/c36-35(37,38)24-16-8-10-18-26(24)40-32(41)28-27-20-19-21-11-7-9-17-25(21)39(27)30(29(28)33(40)42)34(43)44-31(22-12-3-1-4-13-22)23-14-5-2-6-15-23/h1-20,27-31H/t27-,28-,29+,30+/m1/s1. The maximum absolute atomic E-state index is 14.4. The molecule has 3 aliphatic rings. The molecule has 0 saturated carbocycles. The van der Waals surface area contributed by atoms with Crippen LogP contribution in [0.25, 0.3) is 6.08 Å². The highest BCUT2D eigenvalue weighted by Crippen LogP contribution is 2.51. The molecular formula is C35H25F3N2O4. The number of rotatable bonds is 5. The van der Waals surface area contributed by atoms with Crippen LogP contribution in [0.2, 0.25) is 0 Å². The van der Waals surface area contributed by atoms with Gasteiger partial charge in [0.05, 0.1) is 29.1 Å². The third kappa shape index (κ3) is 4.38. The molecule has 4 atom stereocenters. The molecule has 0 unspecified atom stereocenters. The molecule has 2 saturated heterocycles. The molecule has 3 heterocycles. The zero-order valence-electron chi connectivity index (χ0n) is 23.1. The molecule has 7 rings (SSSR count). The number of hydrogen-bond acceptors (Lipinski definition) is 5. The summed E-state index contributed by atoms with van der Waals surface area (Å²) in [6, 6.07) is 28.0. The number of benzene rings is 4. The van der Waals surface area contributed by atoms with Crippen LogP contribution in [-0.4, -0.2) is 29.9 Å². The van der Waals surface area contributed by atoms with Crippen molar-refractivity contribution < 1.29 is 32.3 Å². The number of imide groups is 1. The number of alkyl halides is 3. The summed E-state index contributed by atoms with van der Waals surface area (Å²) in [6.07, 6.45) is -2.08. The second-order valence-electron chi connectivity index (χ2n) is 11.0. The van der Waals surface area contributed by atoms with Crippen molar-refractivity contribution in [2.75, 3.05) is 9.80 Å². The van der Waals surface area contributed by atoms with Crippen LogP contribution in [0.15, 0.2) is 115 Å². The van der Waals surface area contributed by atoms with E-state index in [9.17, 15) is 27.6 Å². The molecule has 4 aromatic carbocycles. The van der Waals surface area contributed by atoms with Crippen molar-refractivity contribution in [3.05, 3.63) is 138 Å². The fourth-order valence-corrected chi connectivity index (χ4v) is 6.70. The molecule has 44 heavy (non-hydrogen) atoms. The average molecular weight is 595 g/mol. The van der Waals surface area contributed by atoms with Crippen molar-refractivity contribution in [2.45, 2.75) is 24.4 Å². The highest BCUT2D eigenvalue weighted by atomic mass is 19.4. The Kier molecular flexibility index (Phi) is 6.61. The van der Waals surface area contributed by atoms with Crippen LogP contribution in [0.5, 0.6) is 0 Å². The fourth-order valence-electron chi connectivity index (χ4n) is 6.70. The van der Waals surface area contributed by atoms with Gasteiger partial charge in [0.15, 0.2) is 6.10 Å². The summed E-state index contributed by atoms with van der Waals surface area (Å²) in [5.74, 6) is -4.77. The Morgan fingerprint density at radius 2 is 1.25 bits per heavy atom. The lowest BCUT2D eigenvalue weighted by molar-refractivity contribution is -0.151. The Balaban J connectivity index is 1.33. The van der Waals surface area contributed by atoms with Crippen molar-refractivity contribution >= 4 is 35.2 Å². The monoisotopic (exact) mass is 594 g/mol. The molecule has 0 aromatic heterocycles. The summed E-state index contributed by atoms with van der Waals surface area (Å²) >= 11 is 0.